The van der Waals surface area contributed by atoms with Crippen molar-refractivity contribution in [2.45, 2.75) is 65.2 Å². The second kappa shape index (κ2) is 9.02. The third-order valence-corrected chi connectivity index (χ3v) is 4.90. The Hall–Kier alpha value is -2.10. The molecule has 0 bridgehead atoms. The molecule has 0 fully saturated rings. The van der Waals surface area contributed by atoms with Gasteiger partial charge in [0.2, 0.25) is 11.8 Å². The zero-order chi connectivity index (χ0) is 19.2. The van der Waals surface area contributed by atoms with Crippen LogP contribution in [0.15, 0.2) is 35.9 Å². The van der Waals surface area contributed by atoms with Gasteiger partial charge in [0.05, 0.1) is 6.54 Å². The molecule has 26 heavy (non-hydrogen) atoms. The Bertz CT molecular complexity index is 654. The van der Waals surface area contributed by atoms with E-state index in [2.05, 4.69) is 32.2 Å². The van der Waals surface area contributed by atoms with Gasteiger partial charge < -0.3 is 10.2 Å². The molecule has 0 radical (unpaired) electrons. The fraction of sp³-hybridized carbons (Fsp3) is 0.545. The molecule has 0 heterocycles. The van der Waals surface area contributed by atoms with Crippen molar-refractivity contribution in [2.75, 3.05) is 18.4 Å². The number of allylic oxidation sites excluding steroid dienone is 1. The van der Waals surface area contributed by atoms with Gasteiger partial charge in [-0.3, -0.25) is 9.59 Å². The first kappa shape index (κ1) is 20.2. The first-order valence-corrected chi connectivity index (χ1v) is 9.59. The molecule has 1 aromatic rings. The van der Waals surface area contributed by atoms with Crippen LogP contribution in [-0.2, 0) is 15.0 Å². The molecular formula is C22H32N2O2. The molecule has 2 amide bonds. The van der Waals surface area contributed by atoms with Crippen molar-refractivity contribution >= 4 is 17.5 Å². The predicted octanol–water partition coefficient (Wildman–Crippen LogP) is 4.66. The van der Waals surface area contributed by atoms with Crippen LogP contribution in [0.25, 0.3) is 0 Å². The maximum atomic E-state index is 12.3. The lowest BCUT2D eigenvalue weighted by atomic mass is 9.87. The lowest BCUT2D eigenvalue weighted by molar-refractivity contribution is -0.132. The largest absolute Gasteiger partial charge is 0.333 e. The number of rotatable bonds is 6. The molecule has 0 saturated heterocycles. The fourth-order valence-electron chi connectivity index (χ4n) is 3.19. The summed E-state index contributed by atoms with van der Waals surface area (Å²) in [4.78, 5) is 25.9. The Labute approximate surface area is 157 Å². The molecule has 0 aliphatic heterocycles. The van der Waals surface area contributed by atoms with Gasteiger partial charge in [0.25, 0.3) is 0 Å². The highest BCUT2D eigenvalue weighted by atomic mass is 16.2. The normalized spacial score (nSPS) is 14.5. The van der Waals surface area contributed by atoms with Crippen molar-refractivity contribution in [1.82, 2.24) is 4.90 Å². The summed E-state index contributed by atoms with van der Waals surface area (Å²) < 4.78 is 0. The Morgan fingerprint density at radius 1 is 1.12 bits per heavy atom. The number of hydrogen-bond acceptors (Lipinski definition) is 2. The number of amides is 2. The summed E-state index contributed by atoms with van der Waals surface area (Å²) in [6, 6.07) is 7.91. The summed E-state index contributed by atoms with van der Waals surface area (Å²) in [5, 5.41) is 2.90. The maximum Gasteiger partial charge on any atom is 0.243 e. The third kappa shape index (κ3) is 6.32. The molecule has 0 unspecified atom stereocenters. The van der Waals surface area contributed by atoms with Crippen molar-refractivity contribution in [3.8, 4) is 0 Å². The summed E-state index contributed by atoms with van der Waals surface area (Å²) in [6.07, 6.45) is 7.91. The van der Waals surface area contributed by atoms with E-state index in [-0.39, 0.29) is 23.8 Å². The Kier molecular flexibility index (Phi) is 7.01. The van der Waals surface area contributed by atoms with E-state index in [0.717, 1.165) is 24.9 Å². The van der Waals surface area contributed by atoms with Crippen LogP contribution in [0.5, 0.6) is 0 Å². The summed E-state index contributed by atoms with van der Waals surface area (Å²) in [6.45, 7) is 8.72. The molecule has 0 aromatic heterocycles. The monoisotopic (exact) mass is 356 g/mol. The van der Waals surface area contributed by atoms with E-state index in [1.54, 1.807) is 4.90 Å². The Morgan fingerprint density at radius 2 is 1.81 bits per heavy atom. The van der Waals surface area contributed by atoms with Gasteiger partial charge in [0.15, 0.2) is 0 Å². The molecule has 2 rings (SSSR count). The lowest BCUT2D eigenvalue weighted by Crippen LogP contribution is -2.37. The Balaban J connectivity index is 1.88. The average molecular weight is 357 g/mol. The van der Waals surface area contributed by atoms with Crippen LogP contribution in [0.1, 0.15) is 65.4 Å². The van der Waals surface area contributed by atoms with E-state index in [9.17, 15) is 9.59 Å². The van der Waals surface area contributed by atoms with Gasteiger partial charge in [-0.2, -0.15) is 0 Å². The molecular weight excluding hydrogens is 324 g/mol. The molecule has 0 saturated carbocycles. The van der Waals surface area contributed by atoms with E-state index < -0.39 is 0 Å². The van der Waals surface area contributed by atoms with Gasteiger partial charge in [-0.15, -0.1) is 0 Å². The quantitative estimate of drug-likeness (QED) is 0.754. The molecule has 0 atom stereocenters. The first-order valence-electron chi connectivity index (χ1n) is 9.59. The molecule has 1 aliphatic rings. The van der Waals surface area contributed by atoms with Crippen molar-refractivity contribution in [3.63, 3.8) is 0 Å². The van der Waals surface area contributed by atoms with Gasteiger partial charge in [-0.1, -0.05) is 44.6 Å². The minimum atomic E-state index is -0.152. The number of carbonyl (C=O) groups excluding carboxylic acids is 2. The van der Waals surface area contributed by atoms with E-state index in [0.29, 0.717) is 6.54 Å². The number of nitrogens with zero attached hydrogens (tertiary/aromatic N) is 1. The van der Waals surface area contributed by atoms with E-state index in [1.807, 2.05) is 24.3 Å². The molecule has 1 aliphatic carbocycles. The second-order valence-electron chi connectivity index (χ2n) is 8.17. The van der Waals surface area contributed by atoms with Crippen LogP contribution in [0.3, 0.4) is 0 Å². The van der Waals surface area contributed by atoms with Crippen molar-refractivity contribution < 1.29 is 9.59 Å². The molecule has 1 N–H and O–H groups in total. The van der Waals surface area contributed by atoms with Crippen LogP contribution in [0, 0.1) is 0 Å². The highest BCUT2D eigenvalue weighted by Crippen LogP contribution is 2.23. The van der Waals surface area contributed by atoms with Crippen LogP contribution < -0.4 is 5.32 Å². The number of nitrogens with one attached hydrogen (secondary N) is 1. The smallest absolute Gasteiger partial charge is 0.243 e. The fourth-order valence-corrected chi connectivity index (χ4v) is 3.19. The van der Waals surface area contributed by atoms with Gasteiger partial charge in [-0.25, -0.2) is 0 Å². The number of hydrogen-bond donors (Lipinski definition) is 1. The second-order valence-corrected chi connectivity index (χ2v) is 8.17. The topological polar surface area (TPSA) is 49.4 Å². The van der Waals surface area contributed by atoms with Crippen LogP contribution in [-0.4, -0.2) is 29.8 Å². The summed E-state index contributed by atoms with van der Waals surface area (Å²) in [5.41, 5.74) is 3.49. The predicted molar refractivity (Wildman–Crippen MR) is 107 cm³/mol. The summed E-state index contributed by atoms with van der Waals surface area (Å²) >= 11 is 0. The van der Waals surface area contributed by atoms with Crippen molar-refractivity contribution in [1.29, 1.82) is 0 Å². The maximum absolute atomic E-state index is 12.3. The van der Waals surface area contributed by atoms with Gasteiger partial charge in [-0.05, 0) is 55.2 Å². The zero-order valence-electron chi connectivity index (χ0n) is 16.6. The van der Waals surface area contributed by atoms with Crippen LogP contribution >= 0.6 is 0 Å². The third-order valence-electron chi connectivity index (χ3n) is 4.90. The van der Waals surface area contributed by atoms with E-state index in [4.69, 9.17) is 0 Å². The van der Waals surface area contributed by atoms with Crippen molar-refractivity contribution in [2.24, 2.45) is 0 Å². The van der Waals surface area contributed by atoms with Crippen LogP contribution in [0.4, 0.5) is 5.69 Å². The van der Waals surface area contributed by atoms with E-state index >= 15 is 0 Å². The molecule has 142 valence electrons. The van der Waals surface area contributed by atoms with Gasteiger partial charge in [0, 0.05) is 19.2 Å². The lowest BCUT2D eigenvalue weighted by Gasteiger charge is -2.22. The number of benzene rings is 1. The Morgan fingerprint density at radius 3 is 2.35 bits per heavy atom. The standard InChI is InChI=1S/C22H32N2O2/c1-17(25)24(15-14-18-8-6-5-7-9-18)16-21(26)23-20-12-10-19(11-13-20)22(2,3)4/h8,10-13H,5-7,9,14-16H2,1-4H3,(H,23,26). The molecule has 0 spiro atoms. The van der Waals surface area contributed by atoms with Gasteiger partial charge in [0.1, 0.15) is 0 Å². The summed E-state index contributed by atoms with van der Waals surface area (Å²) in [5.74, 6) is -0.207. The first-order chi connectivity index (χ1) is 12.3. The average Bonchev–Trinajstić information content (AvgIpc) is 2.59. The molecule has 1 aromatic carbocycles. The van der Waals surface area contributed by atoms with Gasteiger partial charge >= 0.3 is 0 Å². The SMILES string of the molecule is CC(=O)N(CCC1=CCCCC1)CC(=O)Nc1ccc(C(C)(C)C)cc1. The zero-order valence-corrected chi connectivity index (χ0v) is 16.6. The van der Waals surface area contributed by atoms with Crippen molar-refractivity contribution in [3.05, 3.63) is 41.5 Å². The summed E-state index contributed by atoms with van der Waals surface area (Å²) in [7, 11) is 0. The molecule has 4 nitrogen and oxygen atoms in total. The highest BCUT2D eigenvalue weighted by Gasteiger charge is 2.16. The molecule has 4 heteroatoms. The minimum Gasteiger partial charge on any atom is -0.333 e. The van der Waals surface area contributed by atoms with E-state index in [1.165, 1.54) is 30.9 Å². The minimum absolute atomic E-state index is 0.0559. The number of anilines is 1. The van der Waals surface area contributed by atoms with Crippen LogP contribution in [0.2, 0.25) is 0 Å². The highest BCUT2D eigenvalue weighted by molar-refractivity contribution is 5.94. The number of carbonyl (C=O) groups is 2.